The minimum absolute atomic E-state index is 0.0813. The van der Waals surface area contributed by atoms with E-state index in [4.69, 9.17) is 11.6 Å². The van der Waals surface area contributed by atoms with Crippen molar-refractivity contribution in [2.45, 2.75) is 19.9 Å². The summed E-state index contributed by atoms with van der Waals surface area (Å²) in [5.41, 5.74) is 1.08. The maximum absolute atomic E-state index is 12.7. The second-order valence-corrected chi connectivity index (χ2v) is 7.38. The van der Waals surface area contributed by atoms with E-state index >= 15 is 0 Å². The summed E-state index contributed by atoms with van der Waals surface area (Å²) < 4.78 is 0. The Morgan fingerprint density at radius 2 is 1.82 bits per heavy atom. The molecule has 9 nitrogen and oxygen atoms in total. The number of urea groups is 1. The first-order valence-corrected chi connectivity index (χ1v) is 9.54. The van der Waals surface area contributed by atoms with Crippen LogP contribution in [0.25, 0.3) is 0 Å². The van der Waals surface area contributed by atoms with Gasteiger partial charge in [0.2, 0.25) is 11.9 Å². The van der Waals surface area contributed by atoms with Crippen LogP contribution >= 0.6 is 11.6 Å². The van der Waals surface area contributed by atoms with Crippen molar-refractivity contribution in [1.82, 2.24) is 25.4 Å². The summed E-state index contributed by atoms with van der Waals surface area (Å²) in [6.45, 7) is 6.33. The minimum atomic E-state index is -0.674. The number of aromatic amines is 1. The van der Waals surface area contributed by atoms with Gasteiger partial charge in [-0.25, -0.2) is 9.89 Å². The molecule has 3 N–H and O–H groups in total. The van der Waals surface area contributed by atoms with E-state index in [0.717, 1.165) is 5.69 Å². The summed E-state index contributed by atoms with van der Waals surface area (Å²) in [4.78, 5) is 33.0. The molecule has 1 aromatic heterocycles. The molecule has 1 saturated heterocycles. The van der Waals surface area contributed by atoms with Crippen LogP contribution in [0.2, 0.25) is 5.02 Å². The van der Waals surface area contributed by atoms with Crippen molar-refractivity contribution in [3.8, 4) is 0 Å². The highest BCUT2D eigenvalue weighted by molar-refractivity contribution is 6.30. The quantitative estimate of drug-likeness (QED) is 0.705. The summed E-state index contributed by atoms with van der Waals surface area (Å²) in [6.07, 6.45) is 1.30. The van der Waals surface area contributed by atoms with Crippen LogP contribution in [-0.4, -0.2) is 64.2 Å². The SMILES string of the molecule is CC(C)[C@H](NC(=O)N1CCN(c2ccc(Cl)cc2)CC1)C(=O)Nc1ncn[nH]1. The Balaban J connectivity index is 1.54. The maximum atomic E-state index is 12.7. The number of nitrogens with zero attached hydrogens (tertiary/aromatic N) is 4. The Morgan fingerprint density at radius 3 is 2.39 bits per heavy atom. The first-order valence-electron chi connectivity index (χ1n) is 9.16. The number of rotatable bonds is 5. The second kappa shape index (κ2) is 8.92. The lowest BCUT2D eigenvalue weighted by Crippen LogP contribution is -2.56. The van der Waals surface area contributed by atoms with E-state index in [0.29, 0.717) is 31.2 Å². The van der Waals surface area contributed by atoms with Crippen LogP contribution in [0.3, 0.4) is 0 Å². The number of carbonyl (C=O) groups excluding carboxylic acids is 2. The normalized spacial score (nSPS) is 15.4. The topological polar surface area (TPSA) is 106 Å². The molecule has 10 heteroatoms. The summed E-state index contributed by atoms with van der Waals surface area (Å²) in [5, 5.41) is 12.4. The van der Waals surface area contributed by atoms with Gasteiger partial charge in [0.25, 0.3) is 0 Å². The standard InChI is InChI=1S/C18H24ClN7O2/c1-12(2)15(16(27)23-17-20-11-21-24-17)22-18(28)26-9-7-25(8-10-26)14-5-3-13(19)4-6-14/h3-6,11-12,15H,7-10H2,1-2H3,(H,22,28)(H2,20,21,23,24,27)/t15-/m0/s1. The monoisotopic (exact) mass is 405 g/mol. The Labute approximate surface area is 168 Å². The largest absolute Gasteiger partial charge is 0.368 e. The zero-order valence-electron chi connectivity index (χ0n) is 15.9. The van der Waals surface area contributed by atoms with Crippen molar-refractivity contribution in [1.29, 1.82) is 0 Å². The molecule has 0 aliphatic carbocycles. The lowest BCUT2D eigenvalue weighted by Gasteiger charge is -2.37. The fourth-order valence-corrected chi connectivity index (χ4v) is 3.17. The molecule has 1 aliphatic rings. The summed E-state index contributed by atoms with van der Waals surface area (Å²) in [6, 6.07) is 6.74. The molecule has 1 fully saturated rings. The number of amides is 3. The van der Waals surface area contributed by atoms with E-state index in [1.165, 1.54) is 6.33 Å². The summed E-state index contributed by atoms with van der Waals surface area (Å²) in [7, 11) is 0. The molecular weight excluding hydrogens is 382 g/mol. The predicted octanol–water partition coefficient (Wildman–Crippen LogP) is 1.95. The number of hydrogen-bond donors (Lipinski definition) is 3. The molecule has 1 aromatic carbocycles. The Kier molecular flexibility index (Phi) is 6.35. The molecule has 28 heavy (non-hydrogen) atoms. The molecule has 2 aromatic rings. The first-order chi connectivity index (χ1) is 13.4. The number of anilines is 2. The molecule has 1 atom stereocenters. The maximum Gasteiger partial charge on any atom is 0.318 e. The summed E-state index contributed by atoms with van der Waals surface area (Å²) in [5.74, 6) is -0.163. The van der Waals surface area contributed by atoms with Crippen LogP contribution < -0.4 is 15.5 Å². The van der Waals surface area contributed by atoms with Gasteiger partial charge in [-0.15, -0.1) is 0 Å². The van der Waals surface area contributed by atoms with Gasteiger partial charge in [0.05, 0.1) is 0 Å². The number of carbonyl (C=O) groups is 2. The number of aromatic nitrogens is 3. The fraction of sp³-hybridized carbons (Fsp3) is 0.444. The van der Waals surface area contributed by atoms with Gasteiger partial charge in [-0.3, -0.25) is 10.1 Å². The first kappa shape index (κ1) is 19.9. The zero-order chi connectivity index (χ0) is 20.1. The van der Waals surface area contributed by atoms with E-state index in [9.17, 15) is 9.59 Å². The molecule has 150 valence electrons. The van der Waals surface area contributed by atoms with Gasteiger partial charge in [0, 0.05) is 36.9 Å². The van der Waals surface area contributed by atoms with Crippen molar-refractivity contribution in [3.05, 3.63) is 35.6 Å². The molecule has 2 heterocycles. The molecule has 0 unspecified atom stereocenters. The number of hydrogen-bond acceptors (Lipinski definition) is 5. The van der Waals surface area contributed by atoms with Crippen molar-refractivity contribution in [3.63, 3.8) is 0 Å². The van der Waals surface area contributed by atoms with E-state index in [1.54, 1.807) is 4.90 Å². The van der Waals surface area contributed by atoms with Gasteiger partial charge in [-0.2, -0.15) is 10.1 Å². The number of piperazine rings is 1. The predicted molar refractivity (Wildman–Crippen MR) is 107 cm³/mol. The van der Waals surface area contributed by atoms with Crippen molar-refractivity contribution in [2.24, 2.45) is 5.92 Å². The number of nitrogens with one attached hydrogen (secondary N) is 3. The summed E-state index contributed by atoms with van der Waals surface area (Å²) >= 11 is 5.94. The average Bonchev–Trinajstić information content (AvgIpc) is 3.19. The fourth-order valence-electron chi connectivity index (χ4n) is 3.04. The smallest absolute Gasteiger partial charge is 0.318 e. The Hall–Kier alpha value is -2.81. The highest BCUT2D eigenvalue weighted by Gasteiger charge is 2.28. The van der Waals surface area contributed by atoms with Crippen LogP contribution in [-0.2, 0) is 4.79 Å². The number of benzene rings is 1. The number of H-pyrrole nitrogens is 1. The molecular formula is C18H24ClN7O2. The van der Waals surface area contributed by atoms with E-state index in [1.807, 2.05) is 38.1 Å². The third-order valence-corrected chi connectivity index (χ3v) is 4.90. The van der Waals surface area contributed by atoms with Crippen molar-refractivity contribution in [2.75, 3.05) is 36.4 Å². The molecule has 0 saturated carbocycles. The van der Waals surface area contributed by atoms with Crippen molar-refractivity contribution < 1.29 is 9.59 Å². The number of halogens is 1. The van der Waals surface area contributed by atoms with Gasteiger partial charge in [-0.05, 0) is 30.2 Å². The lowest BCUT2D eigenvalue weighted by molar-refractivity contribution is -0.118. The second-order valence-electron chi connectivity index (χ2n) is 6.95. The highest BCUT2D eigenvalue weighted by atomic mass is 35.5. The van der Waals surface area contributed by atoms with Crippen LogP contribution in [0.15, 0.2) is 30.6 Å². The van der Waals surface area contributed by atoms with Gasteiger partial charge in [-0.1, -0.05) is 25.4 Å². The molecule has 3 amide bonds. The van der Waals surface area contributed by atoms with Crippen LogP contribution in [0.5, 0.6) is 0 Å². The van der Waals surface area contributed by atoms with Gasteiger partial charge in [0.1, 0.15) is 12.4 Å². The molecule has 0 bridgehead atoms. The molecule has 3 rings (SSSR count). The molecule has 0 radical (unpaired) electrons. The van der Waals surface area contributed by atoms with Gasteiger partial charge >= 0.3 is 6.03 Å². The Bertz CT molecular complexity index is 787. The zero-order valence-corrected chi connectivity index (χ0v) is 16.6. The average molecular weight is 406 g/mol. The highest BCUT2D eigenvalue weighted by Crippen LogP contribution is 2.19. The molecule has 1 aliphatic heterocycles. The molecule has 0 spiro atoms. The van der Waals surface area contributed by atoms with E-state index in [-0.39, 0.29) is 23.8 Å². The lowest BCUT2D eigenvalue weighted by atomic mass is 10.0. The van der Waals surface area contributed by atoms with E-state index in [2.05, 4.69) is 30.7 Å². The van der Waals surface area contributed by atoms with Crippen molar-refractivity contribution >= 4 is 35.2 Å². The van der Waals surface area contributed by atoms with E-state index < -0.39 is 6.04 Å². The third-order valence-electron chi connectivity index (χ3n) is 4.64. The third kappa shape index (κ3) is 4.92. The van der Waals surface area contributed by atoms with Crippen LogP contribution in [0, 0.1) is 5.92 Å². The Morgan fingerprint density at radius 1 is 1.14 bits per heavy atom. The minimum Gasteiger partial charge on any atom is -0.368 e. The van der Waals surface area contributed by atoms with Gasteiger partial charge in [0.15, 0.2) is 0 Å². The van der Waals surface area contributed by atoms with Crippen LogP contribution in [0.1, 0.15) is 13.8 Å². The van der Waals surface area contributed by atoms with Gasteiger partial charge < -0.3 is 15.1 Å². The van der Waals surface area contributed by atoms with Crippen LogP contribution in [0.4, 0.5) is 16.4 Å².